The SMILES string of the molecule is Cc1c(C2CC=CCC2)sc2c(NCc3ccncc3)nc(Cl)nc12. The number of pyridine rings is 1. The van der Waals surface area contributed by atoms with Crippen LogP contribution in [0.4, 0.5) is 5.82 Å². The monoisotopic (exact) mass is 370 g/mol. The van der Waals surface area contributed by atoms with Crippen LogP contribution in [0.5, 0.6) is 0 Å². The minimum atomic E-state index is 0.292. The number of rotatable bonds is 4. The Bertz CT molecular complexity index is 920. The highest BCUT2D eigenvalue weighted by Gasteiger charge is 2.22. The number of nitrogens with one attached hydrogen (secondary N) is 1. The summed E-state index contributed by atoms with van der Waals surface area (Å²) in [7, 11) is 0. The van der Waals surface area contributed by atoms with Gasteiger partial charge in [-0.25, -0.2) is 4.98 Å². The summed E-state index contributed by atoms with van der Waals surface area (Å²) in [5.74, 6) is 1.40. The summed E-state index contributed by atoms with van der Waals surface area (Å²) in [6.07, 6.45) is 11.6. The second-order valence-electron chi connectivity index (χ2n) is 6.30. The van der Waals surface area contributed by atoms with E-state index in [9.17, 15) is 0 Å². The van der Waals surface area contributed by atoms with Crippen LogP contribution in [-0.4, -0.2) is 15.0 Å². The van der Waals surface area contributed by atoms with Crippen LogP contribution in [0.15, 0.2) is 36.7 Å². The van der Waals surface area contributed by atoms with E-state index in [-0.39, 0.29) is 0 Å². The molecule has 25 heavy (non-hydrogen) atoms. The van der Waals surface area contributed by atoms with Crippen LogP contribution in [0.2, 0.25) is 5.28 Å². The Morgan fingerprint density at radius 1 is 1.24 bits per heavy atom. The van der Waals surface area contributed by atoms with Crippen molar-refractivity contribution in [2.24, 2.45) is 0 Å². The maximum atomic E-state index is 6.19. The first-order valence-electron chi connectivity index (χ1n) is 8.46. The minimum Gasteiger partial charge on any atom is -0.365 e. The van der Waals surface area contributed by atoms with Gasteiger partial charge >= 0.3 is 0 Å². The zero-order chi connectivity index (χ0) is 17.2. The van der Waals surface area contributed by atoms with E-state index in [0.29, 0.717) is 17.7 Å². The Labute approximate surface area is 156 Å². The summed E-state index contributed by atoms with van der Waals surface area (Å²) in [5, 5.41) is 3.71. The average molecular weight is 371 g/mol. The molecular formula is C19H19ClN4S. The predicted molar refractivity (Wildman–Crippen MR) is 104 cm³/mol. The Kier molecular flexibility index (Phi) is 4.68. The Balaban J connectivity index is 1.70. The zero-order valence-electron chi connectivity index (χ0n) is 14.0. The van der Waals surface area contributed by atoms with Gasteiger partial charge in [0.2, 0.25) is 5.28 Å². The largest absolute Gasteiger partial charge is 0.365 e. The molecule has 0 radical (unpaired) electrons. The molecule has 3 aromatic rings. The van der Waals surface area contributed by atoms with Crippen LogP contribution in [-0.2, 0) is 6.54 Å². The second-order valence-corrected chi connectivity index (χ2v) is 7.69. The van der Waals surface area contributed by atoms with Crippen molar-refractivity contribution < 1.29 is 0 Å². The maximum Gasteiger partial charge on any atom is 0.224 e. The highest BCUT2D eigenvalue weighted by atomic mass is 35.5. The van der Waals surface area contributed by atoms with Gasteiger partial charge < -0.3 is 5.32 Å². The molecule has 1 aliphatic carbocycles. The Hall–Kier alpha value is -1.98. The van der Waals surface area contributed by atoms with Gasteiger partial charge in [-0.05, 0) is 67.0 Å². The quantitative estimate of drug-likeness (QED) is 0.487. The number of fused-ring (bicyclic) bond motifs is 1. The molecule has 0 saturated heterocycles. The number of hydrogen-bond acceptors (Lipinski definition) is 5. The molecule has 1 N–H and O–H groups in total. The van der Waals surface area contributed by atoms with Gasteiger partial charge in [-0.2, -0.15) is 4.98 Å². The first kappa shape index (κ1) is 16.5. The van der Waals surface area contributed by atoms with Crippen molar-refractivity contribution in [3.63, 3.8) is 0 Å². The average Bonchev–Trinajstić information content (AvgIpc) is 2.98. The standard InChI is InChI=1S/C19H19ClN4S/c1-12-15-17(25-16(12)14-5-3-2-4-6-14)18(24-19(20)23-15)22-11-13-7-9-21-10-8-13/h2-3,7-10,14H,4-6,11H2,1H3,(H,22,23,24). The first-order chi connectivity index (χ1) is 12.2. The van der Waals surface area contributed by atoms with Crippen molar-refractivity contribution in [1.82, 2.24) is 15.0 Å². The fraction of sp³-hybridized carbons (Fsp3) is 0.316. The summed E-state index contributed by atoms with van der Waals surface area (Å²) in [4.78, 5) is 14.4. The lowest BCUT2D eigenvalue weighted by atomic mass is 9.91. The van der Waals surface area contributed by atoms with E-state index >= 15 is 0 Å². The van der Waals surface area contributed by atoms with Crippen LogP contribution >= 0.6 is 22.9 Å². The van der Waals surface area contributed by atoms with Crippen LogP contribution < -0.4 is 5.32 Å². The first-order valence-corrected chi connectivity index (χ1v) is 9.66. The van der Waals surface area contributed by atoms with Crippen molar-refractivity contribution in [1.29, 1.82) is 0 Å². The molecule has 0 aromatic carbocycles. The lowest BCUT2D eigenvalue weighted by molar-refractivity contribution is 0.624. The Morgan fingerprint density at radius 2 is 2.08 bits per heavy atom. The molecule has 128 valence electrons. The molecule has 1 aliphatic rings. The van der Waals surface area contributed by atoms with Gasteiger partial charge in [0.05, 0.1) is 10.2 Å². The number of allylic oxidation sites excluding steroid dienone is 2. The molecule has 1 atom stereocenters. The van der Waals surface area contributed by atoms with Gasteiger partial charge in [-0.3, -0.25) is 4.98 Å². The molecule has 0 saturated carbocycles. The fourth-order valence-electron chi connectivity index (χ4n) is 3.30. The van der Waals surface area contributed by atoms with Crippen LogP contribution in [0, 0.1) is 6.92 Å². The number of aromatic nitrogens is 3. The smallest absolute Gasteiger partial charge is 0.224 e. The van der Waals surface area contributed by atoms with Gasteiger partial charge in [0.25, 0.3) is 0 Å². The van der Waals surface area contributed by atoms with E-state index < -0.39 is 0 Å². The molecule has 3 aromatic heterocycles. The third-order valence-corrected chi connectivity index (χ3v) is 6.24. The second kappa shape index (κ2) is 7.10. The third kappa shape index (κ3) is 3.39. The maximum absolute atomic E-state index is 6.19. The van der Waals surface area contributed by atoms with Crippen molar-refractivity contribution >= 4 is 39.0 Å². The molecule has 6 heteroatoms. The lowest BCUT2D eigenvalue weighted by Gasteiger charge is -2.16. The number of aryl methyl sites for hydroxylation is 1. The Morgan fingerprint density at radius 3 is 2.84 bits per heavy atom. The summed E-state index contributed by atoms with van der Waals surface area (Å²) in [6.45, 7) is 2.84. The van der Waals surface area contributed by atoms with Crippen LogP contribution in [0.3, 0.4) is 0 Å². The highest BCUT2D eigenvalue weighted by Crippen LogP contribution is 2.42. The van der Waals surface area contributed by atoms with Gasteiger partial charge in [0.15, 0.2) is 0 Å². The van der Waals surface area contributed by atoms with Gasteiger partial charge in [0, 0.05) is 23.8 Å². The molecular weight excluding hydrogens is 352 g/mol. The number of hydrogen-bond donors (Lipinski definition) is 1. The van der Waals surface area contributed by atoms with Crippen molar-refractivity contribution in [2.45, 2.75) is 38.6 Å². The number of thiophene rings is 1. The van der Waals surface area contributed by atoms with Crippen molar-refractivity contribution in [2.75, 3.05) is 5.32 Å². The molecule has 1 unspecified atom stereocenters. The predicted octanol–water partition coefficient (Wildman–Crippen LogP) is 5.48. The summed E-state index contributed by atoms with van der Waals surface area (Å²) in [5.41, 5.74) is 3.38. The lowest BCUT2D eigenvalue weighted by Crippen LogP contribution is -2.02. The van der Waals surface area contributed by atoms with E-state index in [1.54, 1.807) is 12.4 Å². The summed E-state index contributed by atoms with van der Waals surface area (Å²) in [6, 6.07) is 3.99. The third-order valence-electron chi connectivity index (χ3n) is 4.62. The van der Waals surface area contributed by atoms with E-state index in [4.69, 9.17) is 11.6 Å². The molecule has 0 aliphatic heterocycles. The molecule has 0 bridgehead atoms. The molecule has 4 nitrogen and oxygen atoms in total. The molecule has 3 heterocycles. The molecule has 0 amide bonds. The zero-order valence-corrected chi connectivity index (χ0v) is 15.6. The number of nitrogens with zero attached hydrogens (tertiary/aromatic N) is 3. The van der Waals surface area contributed by atoms with E-state index in [2.05, 4.69) is 39.3 Å². The van der Waals surface area contributed by atoms with Gasteiger partial charge in [0.1, 0.15) is 5.82 Å². The number of halogens is 1. The van der Waals surface area contributed by atoms with Crippen molar-refractivity contribution in [3.05, 3.63) is 58.0 Å². The van der Waals surface area contributed by atoms with Crippen molar-refractivity contribution in [3.8, 4) is 0 Å². The topological polar surface area (TPSA) is 50.7 Å². The number of anilines is 1. The van der Waals surface area contributed by atoms with Crippen LogP contribution in [0.1, 0.15) is 41.2 Å². The normalized spacial score (nSPS) is 17.1. The molecule has 0 fully saturated rings. The highest BCUT2D eigenvalue weighted by molar-refractivity contribution is 7.20. The summed E-state index contributed by atoms with van der Waals surface area (Å²) >= 11 is 8.00. The van der Waals surface area contributed by atoms with Crippen LogP contribution in [0.25, 0.3) is 10.2 Å². The van der Waals surface area contributed by atoms with Gasteiger partial charge in [-0.15, -0.1) is 11.3 Å². The fourth-order valence-corrected chi connectivity index (χ4v) is 4.83. The van der Waals surface area contributed by atoms with E-state index in [1.807, 2.05) is 23.5 Å². The minimum absolute atomic E-state index is 0.292. The molecule has 4 rings (SSSR count). The van der Waals surface area contributed by atoms with E-state index in [0.717, 1.165) is 34.4 Å². The van der Waals surface area contributed by atoms with E-state index in [1.165, 1.54) is 16.9 Å². The molecule has 0 spiro atoms. The van der Waals surface area contributed by atoms with Gasteiger partial charge in [-0.1, -0.05) is 12.2 Å². The summed E-state index contributed by atoms with van der Waals surface area (Å²) < 4.78 is 1.10.